The summed E-state index contributed by atoms with van der Waals surface area (Å²) in [7, 11) is 0. The van der Waals surface area contributed by atoms with E-state index in [9.17, 15) is 0 Å². The second-order valence-electron chi connectivity index (χ2n) is 3.95. The standard InChI is InChI=1S/C11H12ClN3O/c12-11-10-8(4-5-13-11)7-14-15(10)9-3-1-2-6-16-9/h4-5,7,9H,1-3,6H2/t9-/m0/s1. The Morgan fingerprint density at radius 2 is 2.38 bits per heavy atom. The van der Waals surface area contributed by atoms with E-state index in [0.717, 1.165) is 30.4 Å². The van der Waals surface area contributed by atoms with Crippen LogP contribution in [0.2, 0.25) is 5.15 Å². The van der Waals surface area contributed by atoms with Crippen molar-refractivity contribution in [1.82, 2.24) is 14.8 Å². The third-order valence-electron chi connectivity index (χ3n) is 2.89. The predicted molar refractivity (Wildman–Crippen MR) is 61.4 cm³/mol. The number of hydrogen-bond donors (Lipinski definition) is 0. The zero-order chi connectivity index (χ0) is 11.0. The predicted octanol–water partition coefficient (Wildman–Crippen LogP) is 2.78. The van der Waals surface area contributed by atoms with Crippen LogP contribution in [0.1, 0.15) is 25.5 Å². The Morgan fingerprint density at radius 1 is 1.44 bits per heavy atom. The molecule has 0 N–H and O–H groups in total. The summed E-state index contributed by atoms with van der Waals surface area (Å²) >= 11 is 6.10. The van der Waals surface area contributed by atoms with Crippen LogP contribution in [0.3, 0.4) is 0 Å². The van der Waals surface area contributed by atoms with Gasteiger partial charge in [-0.3, -0.25) is 0 Å². The van der Waals surface area contributed by atoms with Gasteiger partial charge in [-0.2, -0.15) is 5.10 Å². The van der Waals surface area contributed by atoms with E-state index in [-0.39, 0.29) is 6.23 Å². The first-order chi connectivity index (χ1) is 7.86. The van der Waals surface area contributed by atoms with Crippen molar-refractivity contribution in [2.45, 2.75) is 25.5 Å². The normalized spacial score (nSPS) is 21.4. The van der Waals surface area contributed by atoms with Crippen molar-refractivity contribution in [3.05, 3.63) is 23.6 Å². The molecule has 2 aromatic heterocycles. The molecule has 1 saturated heterocycles. The number of ether oxygens (including phenoxy) is 1. The van der Waals surface area contributed by atoms with Gasteiger partial charge >= 0.3 is 0 Å². The van der Waals surface area contributed by atoms with Gasteiger partial charge in [0.05, 0.1) is 6.20 Å². The molecule has 0 unspecified atom stereocenters. The summed E-state index contributed by atoms with van der Waals surface area (Å²) in [5.74, 6) is 0. The van der Waals surface area contributed by atoms with Crippen LogP contribution in [-0.2, 0) is 4.74 Å². The molecule has 2 aromatic rings. The topological polar surface area (TPSA) is 39.9 Å². The first-order valence-corrected chi connectivity index (χ1v) is 5.83. The highest BCUT2D eigenvalue weighted by Gasteiger charge is 2.19. The SMILES string of the molecule is Clc1nccc2cnn([C@@H]3CCCCO3)c12. The number of halogens is 1. The van der Waals surface area contributed by atoms with Crippen molar-refractivity contribution in [1.29, 1.82) is 0 Å². The highest BCUT2D eigenvalue weighted by molar-refractivity contribution is 6.33. The van der Waals surface area contributed by atoms with Gasteiger partial charge in [0.2, 0.25) is 0 Å². The Morgan fingerprint density at radius 3 is 3.19 bits per heavy atom. The van der Waals surface area contributed by atoms with Crippen molar-refractivity contribution in [3.63, 3.8) is 0 Å². The Balaban J connectivity index is 2.09. The fourth-order valence-electron chi connectivity index (χ4n) is 2.09. The Labute approximate surface area is 98.2 Å². The summed E-state index contributed by atoms with van der Waals surface area (Å²) in [6.45, 7) is 0.796. The molecular formula is C11H12ClN3O. The molecule has 1 atom stereocenters. The second kappa shape index (κ2) is 4.03. The van der Waals surface area contributed by atoms with E-state index in [4.69, 9.17) is 16.3 Å². The minimum Gasteiger partial charge on any atom is -0.356 e. The number of pyridine rings is 1. The zero-order valence-corrected chi connectivity index (χ0v) is 9.52. The van der Waals surface area contributed by atoms with Crippen LogP contribution in [0.4, 0.5) is 0 Å². The summed E-state index contributed by atoms with van der Waals surface area (Å²) in [5.41, 5.74) is 0.871. The van der Waals surface area contributed by atoms with Crippen LogP contribution >= 0.6 is 11.6 Å². The van der Waals surface area contributed by atoms with Gasteiger partial charge in [0, 0.05) is 18.2 Å². The molecule has 1 aliphatic rings. The lowest BCUT2D eigenvalue weighted by Gasteiger charge is -2.23. The second-order valence-corrected chi connectivity index (χ2v) is 4.31. The van der Waals surface area contributed by atoms with Gasteiger partial charge in [-0.1, -0.05) is 11.6 Å². The average molecular weight is 238 g/mol. The van der Waals surface area contributed by atoms with Gasteiger partial charge in [0.15, 0.2) is 11.4 Å². The fraction of sp³-hybridized carbons (Fsp3) is 0.455. The summed E-state index contributed by atoms with van der Waals surface area (Å²) in [6.07, 6.45) is 6.79. The van der Waals surface area contributed by atoms with E-state index in [1.165, 1.54) is 6.42 Å². The monoisotopic (exact) mass is 237 g/mol. The first-order valence-electron chi connectivity index (χ1n) is 5.45. The molecule has 0 spiro atoms. The molecule has 0 amide bonds. The summed E-state index contributed by atoms with van der Waals surface area (Å²) < 4.78 is 7.55. The Kier molecular flexibility index (Phi) is 2.53. The van der Waals surface area contributed by atoms with Crippen LogP contribution in [0.15, 0.2) is 18.5 Å². The molecule has 5 heteroatoms. The third kappa shape index (κ3) is 1.58. The third-order valence-corrected chi connectivity index (χ3v) is 3.17. The summed E-state index contributed by atoms with van der Waals surface area (Å²) in [4.78, 5) is 4.08. The highest BCUT2D eigenvalue weighted by Crippen LogP contribution is 2.28. The van der Waals surface area contributed by atoms with Crippen molar-refractivity contribution >= 4 is 22.5 Å². The van der Waals surface area contributed by atoms with E-state index >= 15 is 0 Å². The van der Waals surface area contributed by atoms with Crippen molar-refractivity contribution in [2.24, 2.45) is 0 Å². The highest BCUT2D eigenvalue weighted by atomic mass is 35.5. The molecule has 3 heterocycles. The maximum atomic E-state index is 6.10. The number of hydrogen-bond acceptors (Lipinski definition) is 3. The van der Waals surface area contributed by atoms with Gasteiger partial charge in [0.1, 0.15) is 5.52 Å². The number of aromatic nitrogens is 3. The fourth-order valence-corrected chi connectivity index (χ4v) is 2.34. The molecule has 3 rings (SSSR count). The lowest BCUT2D eigenvalue weighted by atomic mass is 10.2. The van der Waals surface area contributed by atoms with Gasteiger partial charge in [-0.05, 0) is 25.3 Å². The van der Waals surface area contributed by atoms with Gasteiger partial charge in [-0.25, -0.2) is 9.67 Å². The molecule has 0 aliphatic carbocycles. The minimum absolute atomic E-state index is 0.00736. The summed E-state index contributed by atoms with van der Waals surface area (Å²) in [5, 5.41) is 5.85. The molecule has 84 valence electrons. The largest absolute Gasteiger partial charge is 0.356 e. The molecular weight excluding hydrogens is 226 g/mol. The van der Waals surface area contributed by atoms with E-state index in [1.807, 2.05) is 10.7 Å². The van der Waals surface area contributed by atoms with Gasteiger partial charge < -0.3 is 4.74 Å². The molecule has 16 heavy (non-hydrogen) atoms. The van der Waals surface area contributed by atoms with E-state index in [2.05, 4.69) is 10.1 Å². The van der Waals surface area contributed by atoms with E-state index < -0.39 is 0 Å². The van der Waals surface area contributed by atoms with Crippen molar-refractivity contribution < 1.29 is 4.74 Å². The van der Waals surface area contributed by atoms with Crippen molar-refractivity contribution in [3.8, 4) is 0 Å². The van der Waals surface area contributed by atoms with E-state index in [0.29, 0.717) is 5.15 Å². The lowest BCUT2D eigenvalue weighted by molar-refractivity contribution is -0.0366. The van der Waals surface area contributed by atoms with Crippen LogP contribution in [0, 0.1) is 0 Å². The van der Waals surface area contributed by atoms with Crippen LogP contribution in [0.5, 0.6) is 0 Å². The Bertz CT molecular complexity index is 505. The van der Waals surface area contributed by atoms with Crippen LogP contribution in [-0.4, -0.2) is 21.4 Å². The molecule has 1 aliphatic heterocycles. The quantitative estimate of drug-likeness (QED) is 0.716. The van der Waals surface area contributed by atoms with Crippen molar-refractivity contribution in [2.75, 3.05) is 6.61 Å². The van der Waals surface area contributed by atoms with E-state index in [1.54, 1.807) is 12.4 Å². The molecule has 0 aromatic carbocycles. The number of rotatable bonds is 1. The number of fused-ring (bicyclic) bond motifs is 1. The minimum atomic E-state index is 0.00736. The smallest absolute Gasteiger partial charge is 0.155 e. The molecule has 0 saturated carbocycles. The number of nitrogens with zero attached hydrogens (tertiary/aromatic N) is 3. The maximum absolute atomic E-state index is 6.10. The molecule has 4 nitrogen and oxygen atoms in total. The molecule has 0 radical (unpaired) electrons. The molecule has 1 fully saturated rings. The van der Waals surface area contributed by atoms with Gasteiger partial charge in [0.25, 0.3) is 0 Å². The average Bonchev–Trinajstić information content (AvgIpc) is 2.75. The van der Waals surface area contributed by atoms with Crippen LogP contribution < -0.4 is 0 Å². The summed E-state index contributed by atoms with van der Waals surface area (Å²) in [6, 6.07) is 1.91. The van der Waals surface area contributed by atoms with Gasteiger partial charge in [-0.15, -0.1) is 0 Å². The Hall–Kier alpha value is -1.13. The zero-order valence-electron chi connectivity index (χ0n) is 8.77. The maximum Gasteiger partial charge on any atom is 0.155 e. The lowest BCUT2D eigenvalue weighted by Crippen LogP contribution is -2.19. The van der Waals surface area contributed by atoms with Crippen LogP contribution in [0.25, 0.3) is 10.9 Å². The first kappa shape index (κ1) is 10.1. The molecule has 0 bridgehead atoms.